The van der Waals surface area contributed by atoms with Gasteiger partial charge in [-0.2, -0.15) is 5.10 Å². The maximum Gasteiger partial charge on any atom is 0.228 e. The summed E-state index contributed by atoms with van der Waals surface area (Å²) in [5, 5.41) is 8.11. The molecule has 1 aromatic rings. The first-order valence-electron chi connectivity index (χ1n) is 8.19. The Labute approximate surface area is 131 Å². The summed E-state index contributed by atoms with van der Waals surface area (Å²) < 4.78 is 5.65. The Hall–Kier alpha value is -1.69. The molecule has 2 aliphatic heterocycles. The van der Waals surface area contributed by atoms with E-state index in [0.29, 0.717) is 0 Å². The zero-order chi connectivity index (χ0) is 15.4. The first-order chi connectivity index (χ1) is 10.8. The minimum Gasteiger partial charge on any atom is -0.378 e. The van der Waals surface area contributed by atoms with Gasteiger partial charge in [-0.05, 0) is 38.3 Å². The molecular weight excluding hydrogens is 280 g/mol. The lowest BCUT2D eigenvalue weighted by Crippen LogP contribution is -2.44. The van der Waals surface area contributed by atoms with Crippen molar-refractivity contribution >= 4 is 11.7 Å². The normalized spacial score (nSPS) is 26.6. The molecule has 2 saturated heterocycles. The van der Waals surface area contributed by atoms with Gasteiger partial charge in [-0.3, -0.25) is 4.79 Å². The second-order valence-corrected chi connectivity index (χ2v) is 6.07. The molecule has 3 rings (SSSR count). The molecule has 3 heterocycles. The molecule has 6 heteroatoms. The van der Waals surface area contributed by atoms with Gasteiger partial charge in [0.05, 0.1) is 12.0 Å². The highest BCUT2D eigenvalue weighted by atomic mass is 16.5. The highest BCUT2D eigenvalue weighted by Crippen LogP contribution is 2.23. The number of aromatic nitrogens is 2. The molecule has 1 aromatic heterocycles. The second kappa shape index (κ2) is 7.05. The van der Waals surface area contributed by atoms with Crippen molar-refractivity contribution < 1.29 is 9.53 Å². The Morgan fingerprint density at radius 3 is 2.95 bits per heavy atom. The van der Waals surface area contributed by atoms with Gasteiger partial charge in [-0.15, -0.1) is 5.10 Å². The molecule has 0 radical (unpaired) electrons. The molecule has 2 fully saturated rings. The molecule has 2 aliphatic rings. The van der Waals surface area contributed by atoms with Crippen LogP contribution < -0.4 is 4.90 Å². The summed E-state index contributed by atoms with van der Waals surface area (Å²) in [7, 11) is 0. The van der Waals surface area contributed by atoms with Gasteiger partial charge in [0.1, 0.15) is 0 Å². The van der Waals surface area contributed by atoms with Crippen molar-refractivity contribution in [2.75, 3.05) is 37.7 Å². The van der Waals surface area contributed by atoms with E-state index in [4.69, 9.17) is 4.74 Å². The summed E-state index contributed by atoms with van der Waals surface area (Å²) >= 11 is 0. The SMILES string of the molecule is C[C@H]1OCCC[C@@H]1C(=O)N1CCCN(c2cccnn2)CC1. The summed E-state index contributed by atoms with van der Waals surface area (Å²) in [5.74, 6) is 1.18. The van der Waals surface area contributed by atoms with E-state index in [0.717, 1.165) is 57.9 Å². The van der Waals surface area contributed by atoms with E-state index in [1.54, 1.807) is 6.20 Å². The first kappa shape index (κ1) is 15.2. The molecule has 120 valence electrons. The van der Waals surface area contributed by atoms with E-state index in [2.05, 4.69) is 15.1 Å². The van der Waals surface area contributed by atoms with Gasteiger partial charge in [-0.1, -0.05) is 0 Å². The Morgan fingerprint density at radius 1 is 1.27 bits per heavy atom. The Bertz CT molecular complexity index is 496. The van der Waals surface area contributed by atoms with Gasteiger partial charge in [0.2, 0.25) is 5.91 Å². The van der Waals surface area contributed by atoms with Gasteiger partial charge in [-0.25, -0.2) is 0 Å². The number of carbonyl (C=O) groups is 1. The summed E-state index contributed by atoms with van der Waals surface area (Å²) in [6, 6.07) is 3.87. The van der Waals surface area contributed by atoms with Crippen LogP contribution in [0.15, 0.2) is 18.3 Å². The predicted octanol–water partition coefficient (Wildman–Crippen LogP) is 1.33. The van der Waals surface area contributed by atoms with Crippen molar-refractivity contribution in [3.63, 3.8) is 0 Å². The van der Waals surface area contributed by atoms with Crippen molar-refractivity contribution in [3.8, 4) is 0 Å². The number of anilines is 1. The fraction of sp³-hybridized carbons (Fsp3) is 0.688. The molecule has 0 aromatic carbocycles. The van der Waals surface area contributed by atoms with Gasteiger partial charge in [0, 0.05) is 39.0 Å². The largest absolute Gasteiger partial charge is 0.378 e. The molecule has 6 nitrogen and oxygen atoms in total. The van der Waals surface area contributed by atoms with Crippen molar-refractivity contribution in [2.45, 2.75) is 32.3 Å². The van der Waals surface area contributed by atoms with E-state index < -0.39 is 0 Å². The number of ether oxygens (including phenoxy) is 1. The molecule has 2 atom stereocenters. The number of hydrogen-bond acceptors (Lipinski definition) is 5. The average Bonchev–Trinajstić information content (AvgIpc) is 2.81. The smallest absolute Gasteiger partial charge is 0.228 e. The van der Waals surface area contributed by atoms with Crippen LogP contribution in [-0.4, -0.2) is 59.9 Å². The fourth-order valence-corrected chi connectivity index (χ4v) is 3.31. The number of rotatable bonds is 2. The highest BCUT2D eigenvalue weighted by molar-refractivity contribution is 5.79. The van der Waals surface area contributed by atoms with E-state index in [1.807, 2.05) is 24.0 Å². The highest BCUT2D eigenvalue weighted by Gasteiger charge is 2.32. The zero-order valence-corrected chi connectivity index (χ0v) is 13.1. The van der Waals surface area contributed by atoms with E-state index in [1.165, 1.54) is 0 Å². The topological polar surface area (TPSA) is 58.6 Å². The van der Waals surface area contributed by atoms with Crippen LogP contribution >= 0.6 is 0 Å². The lowest BCUT2D eigenvalue weighted by Gasteiger charge is -2.32. The van der Waals surface area contributed by atoms with E-state index in [9.17, 15) is 4.79 Å². The first-order valence-corrected chi connectivity index (χ1v) is 8.19. The standard InChI is InChI=1S/C16H24N4O2/c1-13-14(5-3-12-22-13)16(21)20-9-4-8-19(10-11-20)15-6-2-7-17-18-15/h2,6-7,13-14H,3-5,8-12H2,1H3/t13-,14+/m1/s1. The predicted molar refractivity (Wildman–Crippen MR) is 83.6 cm³/mol. The third-order valence-electron chi connectivity index (χ3n) is 4.61. The van der Waals surface area contributed by atoms with Crippen LogP contribution in [0.25, 0.3) is 0 Å². The van der Waals surface area contributed by atoms with Gasteiger partial charge in [0.25, 0.3) is 0 Å². The minimum absolute atomic E-state index is 0.0248. The minimum atomic E-state index is 0.0248. The van der Waals surface area contributed by atoms with Gasteiger partial charge < -0.3 is 14.5 Å². The third kappa shape index (κ3) is 3.38. The molecule has 1 amide bonds. The summed E-state index contributed by atoms with van der Waals surface area (Å²) in [4.78, 5) is 17.0. The Balaban J connectivity index is 1.61. The molecule has 0 unspecified atom stereocenters. The lowest BCUT2D eigenvalue weighted by atomic mass is 9.94. The van der Waals surface area contributed by atoms with Gasteiger partial charge >= 0.3 is 0 Å². The molecule has 0 bridgehead atoms. The van der Waals surface area contributed by atoms with Gasteiger partial charge in [0.15, 0.2) is 5.82 Å². The zero-order valence-electron chi connectivity index (χ0n) is 13.1. The van der Waals surface area contributed by atoms with Crippen LogP contribution in [-0.2, 0) is 9.53 Å². The van der Waals surface area contributed by atoms with Crippen LogP contribution in [0, 0.1) is 5.92 Å². The van der Waals surface area contributed by atoms with Crippen molar-refractivity contribution in [2.24, 2.45) is 5.92 Å². The van der Waals surface area contributed by atoms with Crippen LogP contribution in [0.1, 0.15) is 26.2 Å². The van der Waals surface area contributed by atoms with Crippen LogP contribution in [0.5, 0.6) is 0 Å². The van der Waals surface area contributed by atoms with Crippen LogP contribution in [0.3, 0.4) is 0 Å². The molecule has 0 spiro atoms. The number of carbonyl (C=O) groups excluding carboxylic acids is 1. The van der Waals surface area contributed by atoms with E-state index >= 15 is 0 Å². The maximum atomic E-state index is 12.8. The van der Waals surface area contributed by atoms with Crippen molar-refractivity contribution in [3.05, 3.63) is 18.3 Å². The molecule has 0 saturated carbocycles. The second-order valence-electron chi connectivity index (χ2n) is 6.07. The average molecular weight is 304 g/mol. The fourth-order valence-electron chi connectivity index (χ4n) is 3.31. The maximum absolute atomic E-state index is 12.8. The summed E-state index contributed by atoms with van der Waals surface area (Å²) in [6.45, 7) is 6.10. The molecule has 0 aliphatic carbocycles. The lowest BCUT2D eigenvalue weighted by molar-refractivity contribution is -0.143. The van der Waals surface area contributed by atoms with E-state index in [-0.39, 0.29) is 17.9 Å². The number of nitrogens with zero attached hydrogens (tertiary/aromatic N) is 4. The molecule has 0 N–H and O–H groups in total. The summed E-state index contributed by atoms with van der Waals surface area (Å²) in [5.41, 5.74) is 0. The molecule has 22 heavy (non-hydrogen) atoms. The number of amides is 1. The van der Waals surface area contributed by atoms with Crippen LogP contribution in [0.2, 0.25) is 0 Å². The van der Waals surface area contributed by atoms with Crippen molar-refractivity contribution in [1.29, 1.82) is 0 Å². The number of hydrogen-bond donors (Lipinski definition) is 0. The summed E-state index contributed by atoms with van der Waals surface area (Å²) in [6.07, 6.45) is 4.62. The van der Waals surface area contributed by atoms with Crippen LogP contribution in [0.4, 0.5) is 5.82 Å². The van der Waals surface area contributed by atoms with Crippen molar-refractivity contribution in [1.82, 2.24) is 15.1 Å². The Kier molecular flexibility index (Phi) is 4.87. The quantitative estimate of drug-likeness (QED) is 0.825. The molecular formula is C16H24N4O2. The Morgan fingerprint density at radius 2 is 2.18 bits per heavy atom. The monoisotopic (exact) mass is 304 g/mol. The third-order valence-corrected chi connectivity index (χ3v) is 4.61.